The Hall–Kier alpha value is -2.31. The van der Waals surface area contributed by atoms with Crippen LogP contribution >= 0.6 is 0 Å². The molecule has 0 aliphatic heterocycles. The molecule has 7 heteroatoms. The van der Waals surface area contributed by atoms with Crippen LogP contribution in [-0.2, 0) is 0 Å². The van der Waals surface area contributed by atoms with Crippen molar-refractivity contribution in [3.63, 3.8) is 0 Å². The lowest BCUT2D eigenvalue weighted by molar-refractivity contribution is -0.385. The topological polar surface area (TPSA) is 86.7 Å². The van der Waals surface area contributed by atoms with Gasteiger partial charge in [0.1, 0.15) is 6.20 Å². The minimum atomic E-state index is -0.481. The van der Waals surface area contributed by atoms with Crippen molar-refractivity contribution in [3.05, 3.63) is 40.3 Å². The lowest BCUT2D eigenvalue weighted by atomic mass is 10.2. The number of aryl methyl sites for hydroxylation is 1. The summed E-state index contributed by atoms with van der Waals surface area (Å²) in [6, 6.07) is 1.45. The molecule has 0 saturated carbocycles. The maximum Gasteiger partial charge on any atom is 0.287 e. The van der Waals surface area contributed by atoms with Crippen molar-refractivity contribution in [2.45, 2.75) is 6.92 Å². The SMILES string of the molecule is Cc1cc([N+](=O)[O-])cnc1-n1ccnn1. The Labute approximate surface area is 84.5 Å². The molecule has 7 nitrogen and oxygen atoms in total. The number of nitro groups is 1. The molecule has 2 aromatic rings. The van der Waals surface area contributed by atoms with E-state index in [9.17, 15) is 10.1 Å². The quantitative estimate of drug-likeness (QED) is 0.536. The van der Waals surface area contributed by atoms with Gasteiger partial charge in [-0.05, 0) is 6.92 Å². The Bertz CT molecular complexity index is 494. The van der Waals surface area contributed by atoms with Crippen LogP contribution in [0, 0.1) is 17.0 Å². The van der Waals surface area contributed by atoms with Crippen LogP contribution in [0.3, 0.4) is 0 Å². The molecule has 15 heavy (non-hydrogen) atoms. The zero-order valence-electron chi connectivity index (χ0n) is 7.86. The molecule has 2 rings (SSSR count). The first-order valence-corrected chi connectivity index (χ1v) is 4.16. The minimum absolute atomic E-state index is 0.0311. The lowest BCUT2D eigenvalue weighted by Crippen LogP contribution is -2.02. The molecule has 0 bridgehead atoms. The van der Waals surface area contributed by atoms with Gasteiger partial charge in [-0.1, -0.05) is 5.21 Å². The third-order valence-electron chi connectivity index (χ3n) is 1.89. The van der Waals surface area contributed by atoms with Crippen LogP contribution in [0.4, 0.5) is 5.69 Å². The molecule has 0 amide bonds. The standard InChI is InChI=1S/C8H7N5O2/c1-6-4-7(13(14)15)5-9-8(6)12-3-2-10-11-12/h2-5H,1H3. The van der Waals surface area contributed by atoms with E-state index in [0.29, 0.717) is 11.4 Å². The highest BCUT2D eigenvalue weighted by Gasteiger charge is 2.10. The minimum Gasteiger partial charge on any atom is -0.258 e. The zero-order chi connectivity index (χ0) is 10.8. The molecule has 2 heterocycles. The van der Waals surface area contributed by atoms with Crippen LogP contribution in [0.15, 0.2) is 24.7 Å². The molecule has 0 spiro atoms. The van der Waals surface area contributed by atoms with E-state index in [-0.39, 0.29) is 5.69 Å². The van der Waals surface area contributed by atoms with E-state index >= 15 is 0 Å². The summed E-state index contributed by atoms with van der Waals surface area (Å²) >= 11 is 0. The molecule has 0 atom stereocenters. The average molecular weight is 205 g/mol. The van der Waals surface area contributed by atoms with E-state index in [0.717, 1.165) is 0 Å². The van der Waals surface area contributed by atoms with Crippen LogP contribution in [0.25, 0.3) is 5.82 Å². The predicted molar refractivity (Wildman–Crippen MR) is 50.5 cm³/mol. The molecule has 0 unspecified atom stereocenters. The van der Waals surface area contributed by atoms with Crippen LogP contribution in [0.2, 0.25) is 0 Å². The summed E-state index contributed by atoms with van der Waals surface area (Å²) in [6.45, 7) is 1.73. The first kappa shape index (κ1) is 9.25. The lowest BCUT2D eigenvalue weighted by Gasteiger charge is -2.02. The fourth-order valence-corrected chi connectivity index (χ4v) is 1.21. The van der Waals surface area contributed by atoms with Crippen molar-refractivity contribution in [1.82, 2.24) is 20.0 Å². The van der Waals surface area contributed by atoms with Gasteiger partial charge in [-0.3, -0.25) is 10.1 Å². The Morgan fingerprint density at radius 3 is 2.87 bits per heavy atom. The summed E-state index contributed by atoms with van der Waals surface area (Å²) in [6.07, 6.45) is 4.34. The summed E-state index contributed by atoms with van der Waals surface area (Å²) in [4.78, 5) is 14.0. The zero-order valence-corrected chi connectivity index (χ0v) is 7.86. The molecule has 0 radical (unpaired) electrons. The number of hydrogen-bond acceptors (Lipinski definition) is 5. The Kier molecular flexibility index (Phi) is 2.13. The molecule has 0 fully saturated rings. The van der Waals surface area contributed by atoms with Gasteiger partial charge in [-0.15, -0.1) is 5.10 Å². The molecule has 76 valence electrons. The maximum atomic E-state index is 10.5. The summed E-state index contributed by atoms with van der Waals surface area (Å²) in [5, 5.41) is 17.9. The van der Waals surface area contributed by atoms with Gasteiger partial charge in [0.25, 0.3) is 5.69 Å². The van der Waals surface area contributed by atoms with Crippen LogP contribution in [-0.4, -0.2) is 24.9 Å². The van der Waals surface area contributed by atoms with Gasteiger partial charge >= 0.3 is 0 Å². The van der Waals surface area contributed by atoms with Gasteiger partial charge in [-0.2, -0.15) is 0 Å². The number of aromatic nitrogens is 4. The second-order valence-electron chi connectivity index (χ2n) is 2.94. The van der Waals surface area contributed by atoms with Gasteiger partial charge in [0, 0.05) is 11.6 Å². The molecular weight excluding hydrogens is 198 g/mol. The summed E-state index contributed by atoms with van der Waals surface area (Å²) in [5.74, 6) is 0.540. The van der Waals surface area contributed by atoms with Crippen molar-refractivity contribution < 1.29 is 4.92 Å². The highest BCUT2D eigenvalue weighted by molar-refractivity contribution is 5.40. The van der Waals surface area contributed by atoms with E-state index in [1.165, 1.54) is 23.1 Å². The van der Waals surface area contributed by atoms with E-state index in [1.54, 1.807) is 13.1 Å². The number of hydrogen-bond donors (Lipinski definition) is 0. The molecule has 0 aliphatic rings. The third-order valence-corrected chi connectivity index (χ3v) is 1.89. The molecule has 0 N–H and O–H groups in total. The normalized spacial score (nSPS) is 10.2. The highest BCUT2D eigenvalue weighted by Crippen LogP contribution is 2.16. The largest absolute Gasteiger partial charge is 0.287 e. The number of pyridine rings is 1. The van der Waals surface area contributed by atoms with Crippen molar-refractivity contribution in [2.24, 2.45) is 0 Å². The smallest absolute Gasteiger partial charge is 0.258 e. The molecule has 2 aromatic heterocycles. The maximum absolute atomic E-state index is 10.5. The third kappa shape index (κ3) is 1.66. The van der Waals surface area contributed by atoms with Crippen molar-refractivity contribution in [2.75, 3.05) is 0 Å². The van der Waals surface area contributed by atoms with Gasteiger partial charge in [0.2, 0.25) is 0 Å². The Morgan fingerprint density at radius 2 is 2.33 bits per heavy atom. The Balaban J connectivity index is 2.48. The van der Waals surface area contributed by atoms with Gasteiger partial charge in [0.15, 0.2) is 5.82 Å². The Morgan fingerprint density at radius 1 is 1.53 bits per heavy atom. The highest BCUT2D eigenvalue weighted by atomic mass is 16.6. The van der Waals surface area contributed by atoms with E-state index in [1.807, 2.05) is 0 Å². The fraction of sp³-hybridized carbons (Fsp3) is 0.125. The monoisotopic (exact) mass is 205 g/mol. The van der Waals surface area contributed by atoms with Gasteiger partial charge in [0.05, 0.1) is 17.3 Å². The first-order valence-electron chi connectivity index (χ1n) is 4.16. The summed E-state index contributed by atoms with van der Waals surface area (Å²) in [7, 11) is 0. The second kappa shape index (κ2) is 3.45. The molecule has 0 aliphatic carbocycles. The number of nitrogens with zero attached hydrogens (tertiary/aromatic N) is 5. The van der Waals surface area contributed by atoms with E-state index < -0.39 is 4.92 Å². The number of rotatable bonds is 2. The fourth-order valence-electron chi connectivity index (χ4n) is 1.21. The van der Waals surface area contributed by atoms with Crippen molar-refractivity contribution in [3.8, 4) is 5.82 Å². The van der Waals surface area contributed by atoms with Crippen molar-refractivity contribution >= 4 is 5.69 Å². The molecule has 0 saturated heterocycles. The van der Waals surface area contributed by atoms with Crippen LogP contribution in [0.5, 0.6) is 0 Å². The van der Waals surface area contributed by atoms with Crippen molar-refractivity contribution in [1.29, 1.82) is 0 Å². The summed E-state index contributed by atoms with van der Waals surface area (Å²) < 4.78 is 1.46. The van der Waals surface area contributed by atoms with Gasteiger partial charge in [-0.25, -0.2) is 9.67 Å². The average Bonchev–Trinajstić information content (AvgIpc) is 2.70. The first-order chi connectivity index (χ1) is 7.18. The molecular formula is C8H7N5O2. The summed E-state index contributed by atoms with van der Waals surface area (Å²) in [5.41, 5.74) is 0.645. The van der Waals surface area contributed by atoms with Crippen LogP contribution < -0.4 is 0 Å². The second-order valence-corrected chi connectivity index (χ2v) is 2.94. The predicted octanol–water partition coefficient (Wildman–Crippen LogP) is 0.879. The van der Waals surface area contributed by atoms with E-state index in [4.69, 9.17) is 0 Å². The van der Waals surface area contributed by atoms with Gasteiger partial charge < -0.3 is 0 Å². The molecule has 0 aromatic carbocycles. The van der Waals surface area contributed by atoms with Crippen LogP contribution in [0.1, 0.15) is 5.56 Å². The van der Waals surface area contributed by atoms with E-state index in [2.05, 4.69) is 15.3 Å².